The highest BCUT2D eigenvalue weighted by Gasteiger charge is 2.08. The molecule has 0 N–H and O–H groups in total. The molecule has 134 valence electrons. The molecule has 0 aliphatic rings. The molecule has 0 amide bonds. The summed E-state index contributed by atoms with van der Waals surface area (Å²) in [7, 11) is 0. The summed E-state index contributed by atoms with van der Waals surface area (Å²) in [6.45, 7) is 3.43. The first-order valence-electron chi connectivity index (χ1n) is 10.4. The topological polar surface area (TPSA) is 4.93 Å². The van der Waals surface area contributed by atoms with Gasteiger partial charge >= 0.3 is 0 Å². The highest BCUT2D eigenvalue weighted by atomic mass is 15.0. The van der Waals surface area contributed by atoms with E-state index < -0.39 is 0 Å². The van der Waals surface area contributed by atoms with E-state index in [2.05, 4.69) is 60.0 Å². The highest BCUT2D eigenvalue weighted by molar-refractivity contribution is 6.07. The van der Waals surface area contributed by atoms with E-state index in [4.69, 9.17) is 0 Å². The van der Waals surface area contributed by atoms with Crippen LogP contribution in [0.5, 0.6) is 0 Å². The van der Waals surface area contributed by atoms with Crippen molar-refractivity contribution in [3.63, 3.8) is 0 Å². The van der Waals surface area contributed by atoms with Gasteiger partial charge in [0.1, 0.15) is 0 Å². The van der Waals surface area contributed by atoms with Gasteiger partial charge in [-0.15, -0.1) is 0 Å². The summed E-state index contributed by atoms with van der Waals surface area (Å²) >= 11 is 0. The fraction of sp³-hybridized carbons (Fsp3) is 0.500. The van der Waals surface area contributed by atoms with E-state index >= 15 is 0 Å². The Bertz CT molecular complexity index is 715. The highest BCUT2D eigenvalue weighted by Crippen LogP contribution is 2.29. The lowest BCUT2D eigenvalue weighted by atomic mass is 10.1. The first-order chi connectivity index (χ1) is 12.4. The zero-order valence-electron chi connectivity index (χ0n) is 15.8. The van der Waals surface area contributed by atoms with Crippen molar-refractivity contribution in [2.45, 2.75) is 77.7 Å². The predicted octanol–water partition coefficient (Wildman–Crippen LogP) is 7.72. The van der Waals surface area contributed by atoms with Crippen molar-refractivity contribution in [1.29, 1.82) is 0 Å². The number of unbranched alkanes of at least 4 members (excludes halogenated alkanes) is 9. The van der Waals surface area contributed by atoms with Crippen LogP contribution in [0.4, 0.5) is 0 Å². The zero-order chi connectivity index (χ0) is 17.3. The van der Waals surface area contributed by atoms with Crippen molar-refractivity contribution < 1.29 is 0 Å². The minimum absolute atomic E-state index is 1.14. The second-order valence-corrected chi connectivity index (χ2v) is 7.37. The Morgan fingerprint density at radius 2 is 1.00 bits per heavy atom. The first kappa shape index (κ1) is 18.0. The van der Waals surface area contributed by atoms with Gasteiger partial charge in [0.05, 0.1) is 0 Å². The van der Waals surface area contributed by atoms with Crippen LogP contribution in [0.25, 0.3) is 21.8 Å². The number of nitrogens with zero attached hydrogens (tertiary/aromatic N) is 1. The molecular weight excluding hydrogens is 302 g/mol. The molecule has 0 aliphatic heterocycles. The smallest absolute Gasteiger partial charge is 0.0491 e. The average Bonchev–Trinajstić information content (AvgIpc) is 2.97. The maximum atomic E-state index is 2.52. The molecule has 0 radical (unpaired) electrons. The minimum Gasteiger partial charge on any atom is -0.340 e. The fourth-order valence-corrected chi connectivity index (χ4v) is 4.00. The van der Waals surface area contributed by atoms with Crippen LogP contribution in [0.3, 0.4) is 0 Å². The molecule has 0 fully saturated rings. The van der Waals surface area contributed by atoms with Crippen molar-refractivity contribution in [1.82, 2.24) is 4.57 Å². The Morgan fingerprint density at radius 3 is 1.52 bits per heavy atom. The molecule has 1 heteroatoms. The largest absolute Gasteiger partial charge is 0.340 e. The number of benzene rings is 2. The standard InChI is InChI=1S/C24H33N/c1-2-3-4-5-6-7-8-9-10-15-20-25-23-18-13-11-16-21(23)22-17-12-14-19-24(22)25/h11-14,16-19H,2-10,15,20H2,1H3. The third kappa shape index (κ3) is 4.66. The lowest BCUT2D eigenvalue weighted by Crippen LogP contribution is -1.97. The van der Waals surface area contributed by atoms with Gasteiger partial charge in [0, 0.05) is 28.4 Å². The molecule has 0 aliphatic carbocycles. The Hall–Kier alpha value is -1.76. The van der Waals surface area contributed by atoms with Gasteiger partial charge in [-0.1, -0.05) is 101 Å². The average molecular weight is 336 g/mol. The second-order valence-electron chi connectivity index (χ2n) is 7.37. The van der Waals surface area contributed by atoms with Gasteiger partial charge in [-0.3, -0.25) is 0 Å². The van der Waals surface area contributed by atoms with E-state index in [9.17, 15) is 0 Å². The summed E-state index contributed by atoms with van der Waals surface area (Å²) in [6, 6.07) is 17.7. The van der Waals surface area contributed by atoms with E-state index in [1.165, 1.54) is 86.0 Å². The molecule has 3 rings (SSSR count). The van der Waals surface area contributed by atoms with Crippen molar-refractivity contribution in [3.05, 3.63) is 48.5 Å². The molecule has 3 aromatic rings. The van der Waals surface area contributed by atoms with E-state index in [-0.39, 0.29) is 0 Å². The van der Waals surface area contributed by atoms with Crippen molar-refractivity contribution in [3.8, 4) is 0 Å². The lowest BCUT2D eigenvalue weighted by molar-refractivity contribution is 0.541. The van der Waals surface area contributed by atoms with Crippen molar-refractivity contribution in [2.75, 3.05) is 0 Å². The maximum absolute atomic E-state index is 2.52. The molecule has 2 aromatic carbocycles. The fourth-order valence-electron chi connectivity index (χ4n) is 4.00. The first-order valence-corrected chi connectivity index (χ1v) is 10.4. The van der Waals surface area contributed by atoms with Gasteiger partial charge < -0.3 is 4.57 Å². The maximum Gasteiger partial charge on any atom is 0.0491 e. The Morgan fingerprint density at radius 1 is 0.560 bits per heavy atom. The number of fused-ring (bicyclic) bond motifs is 3. The van der Waals surface area contributed by atoms with Crippen molar-refractivity contribution >= 4 is 21.8 Å². The minimum atomic E-state index is 1.14. The van der Waals surface area contributed by atoms with Crippen LogP contribution in [0.15, 0.2) is 48.5 Å². The molecule has 0 saturated carbocycles. The van der Waals surface area contributed by atoms with E-state index in [1.807, 2.05) is 0 Å². The van der Waals surface area contributed by atoms with Gasteiger partial charge in [-0.25, -0.2) is 0 Å². The number of hydrogen-bond acceptors (Lipinski definition) is 0. The number of aromatic nitrogens is 1. The van der Waals surface area contributed by atoms with Gasteiger partial charge in [0.2, 0.25) is 0 Å². The summed E-state index contributed by atoms with van der Waals surface area (Å²) < 4.78 is 2.52. The summed E-state index contributed by atoms with van der Waals surface area (Å²) in [5, 5.41) is 2.79. The molecule has 0 saturated heterocycles. The SMILES string of the molecule is CCCCCCCCCCCCn1c2ccccc2c2ccccc21. The van der Waals surface area contributed by atoms with Crippen LogP contribution in [-0.4, -0.2) is 4.57 Å². The molecule has 0 spiro atoms. The summed E-state index contributed by atoms with van der Waals surface area (Å²) in [5.74, 6) is 0. The molecule has 25 heavy (non-hydrogen) atoms. The summed E-state index contributed by atoms with van der Waals surface area (Å²) in [6.07, 6.45) is 14.0. The van der Waals surface area contributed by atoms with Crippen LogP contribution in [0.1, 0.15) is 71.1 Å². The number of hydrogen-bond donors (Lipinski definition) is 0. The van der Waals surface area contributed by atoms with Crippen LogP contribution in [-0.2, 0) is 6.54 Å². The van der Waals surface area contributed by atoms with Crippen LogP contribution >= 0.6 is 0 Å². The third-order valence-corrected chi connectivity index (χ3v) is 5.42. The van der Waals surface area contributed by atoms with E-state index in [1.54, 1.807) is 0 Å². The Labute approximate surface area is 153 Å². The van der Waals surface area contributed by atoms with Gasteiger partial charge in [0.25, 0.3) is 0 Å². The third-order valence-electron chi connectivity index (χ3n) is 5.42. The molecule has 0 atom stereocenters. The van der Waals surface area contributed by atoms with Crippen LogP contribution in [0, 0.1) is 0 Å². The lowest BCUT2D eigenvalue weighted by Gasteiger charge is -2.07. The molecule has 0 unspecified atom stereocenters. The Kier molecular flexibility index (Phi) is 6.97. The molecular formula is C24H33N. The van der Waals surface area contributed by atoms with Crippen LogP contribution < -0.4 is 0 Å². The number of aryl methyl sites for hydroxylation is 1. The van der Waals surface area contributed by atoms with E-state index in [0.29, 0.717) is 0 Å². The Balaban J connectivity index is 1.47. The monoisotopic (exact) mass is 335 g/mol. The molecule has 1 heterocycles. The van der Waals surface area contributed by atoms with Gasteiger partial charge in [-0.05, 0) is 18.6 Å². The van der Waals surface area contributed by atoms with Gasteiger partial charge in [0.15, 0.2) is 0 Å². The number of para-hydroxylation sites is 2. The van der Waals surface area contributed by atoms with Gasteiger partial charge in [-0.2, -0.15) is 0 Å². The summed E-state index contributed by atoms with van der Waals surface area (Å²) in [5.41, 5.74) is 2.78. The molecule has 0 bridgehead atoms. The quantitative estimate of drug-likeness (QED) is 0.316. The normalized spacial score (nSPS) is 11.6. The number of rotatable bonds is 11. The van der Waals surface area contributed by atoms with Crippen molar-refractivity contribution in [2.24, 2.45) is 0 Å². The van der Waals surface area contributed by atoms with E-state index in [0.717, 1.165) is 6.54 Å². The predicted molar refractivity (Wildman–Crippen MR) is 111 cm³/mol. The molecule has 1 aromatic heterocycles. The summed E-state index contributed by atoms with van der Waals surface area (Å²) in [4.78, 5) is 0. The second kappa shape index (κ2) is 9.65. The molecule has 1 nitrogen and oxygen atoms in total. The van der Waals surface area contributed by atoms with Crippen LogP contribution in [0.2, 0.25) is 0 Å². The zero-order valence-corrected chi connectivity index (χ0v) is 15.8.